The van der Waals surface area contributed by atoms with Gasteiger partial charge in [0.05, 0.1) is 25.4 Å². The first-order chi connectivity index (χ1) is 14.0. The van der Waals surface area contributed by atoms with Gasteiger partial charge in [-0.1, -0.05) is 12.1 Å². The number of β-amino-alcohol motifs (C(OH)–C–C–N with tert-alkyl or cyclic N) is 1. The smallest absolute Gasteiger partial charge is 0.260 e. The number of hydrogen-bond acceptors (Lipinski definition) is 7. The van der Waals surface area contributed by atoms with Crippen LogP contribution < -0.4 is 10.1 Å². The first kappa shape index (κ1) is 21.5. The number of amides is 2. The maximum Gasteiger partial charge on any atom is 0.260 e. The van der Waals surface area contributed by atoms with Crippen molar-refractivity contribution in [2.75, 3.05) is 59.7 Å². The number of hydrogen-bond donors (Lipinski definition) is 2. The molecule has 9 nitrogen and oxygen atoms in total. The van der Waals surface area contributed by atoms with Crippen LogP contribution in [0.2, 0.25) is 0 Å². The number of aliphatic hydroxyl groups is 1. The average molecular weight is 407 g/mol. The molecule has 2 N–H and O–H groups in total. The zero-order valence-electron chi connectivity index (χ0n) is 16.7. The Labute approximate surface area is 170 Å². The third-order valence-electron chi connectivity index (χ3n) is 5.04. The average Bonchev–Trinajstić information content (AvgIpc) is 3.06. The molecule has 3 rings (SSSR count). The van der Waals surface area contributed by atoms with Crippen molar-refractivity contribution in [3.8, 4) is 5.75 Å². The Morgan fingerprint density at radius 2 is 1.90 bits per heavy atom. The van der Waals surface area contributed by atoms with Crippen molar-refractivity contribution < 1.29 is 28.9 Å². The first-order valence-electron chi connectivity index (χ1n) is 9.81. The molecule has 2 atom stereocenters. The summed E-state index contributed by atoms with van der Waals surface area (Å²) < 4.78 is 15.6. The Kier molecular flexibility index (Phi) is 7.82. The summed E-state index contributed by atoms with van der Waals surface area (Å²) in [6.07, 6.45) is -0.607. The van der Waals surface area contributed by atoms with Crippen molar-refractivity contribution in [1.82, 2.24) is 15.1 Å². The van der Waals surface area contributed by atoms with E-state index >= 15 is 0 Å². The number of carbonyl (C=O) groups excluding carboxylic acids is 2. The number of nitrogens with one attached hydrogen (secondary N) is 1. The van der Waals surface area contributed by atoms with E-state index in [9.17, 15) is 14.7 Å². The summed E-state index contributed by atoms with van der Waals surface area (Å²) in [6, 6.07) is 7.26. The number of likely N-dealkylation sites (tertiary alicyclic amines) is 1. The van der Waals surface area contributed by atoms with Crippen molar-refractivity contribution in [2.24, 2.45) is 0 Å². The molecule has 0 spiro atoms. The number of methoxy groups -OCH3 is 1. The van der Waals surface area contributed by atoms with Gasteiger partial charge < -0.3 is 29.5 Å². The third kappa shape index (κ3) is 6.40. The summed E-state index contributed by atoms with van der Waals surface area (Å²) in [6.45, 7) is 4.07. The lowest BCUT2D eigenvalue weighted by Crippen LogP contribution is -2.44. The van der Waals surface area contributed by atoms with Crippen LogP contribution in [0.4, 0.5) is 0 Å². The van der Waals surface area contributed by atoms with Gasteiger partial charge in [0.2, 0.25) is 5.91 Å². The lowest BCUT2D eigenvalue weighted by Gasteiger charge is -2.26. The fourth-order valence-electron chi connectivity index (χ4n) is 3.52. The molecule has 1 aromatic carbocycles. The summed E-state index contributed by atoms with van der Waals surface area (Å²) in [7, 11) is 1.46. The van der Waals surface area contributed by atoms with E-state index in [1.807, 2.05) is 24.3 Å². The molecule has 0 saturated carbocycles. The molecule has 2 heterocycles. The third-order valence-corrected chi connectivity index (χ3v) is 5.04. The normalized spacial score (nSPS) is 22.5. The molecular formula is C20H29N3O6. The summed E-state index contributed by atoms with van der Waals surface area (Å²) in [5.41, 5.74) is 1.06. The van der Waals surface area contributed by atoms with Crippen molar-refractivity contribution in [2.45, 2.75) is 18.7 Å². The number of aliphatic hydroxyl groups excluding tert-OH is 1. The Balaban J connectivity index is 1.43. The highest BCUT2D eigenvalue weighted by Crippen LogP contribution is 2.17. The van der Waals surface area contributed by atoms with Crippen molar-refractivity contribution in [3.05, 3.63) is 29.8 Å². The zero-order chi connectivity index (χ0) is 20.6. The predicted octanol–water partition coefficient (Wildman–Crippen LogP) is -0.768. The number of carbonyl (C=O) groups is 2. The second kappa shape index (κ2) is 10.5. The molecule has 0 radical (unpaired) electrons. The first-order valence-corrected chi connectivity index (χ1v) is 9.81. The number of nitrogens with zero attached hydrogens (tertiary/aromatic N) is 2. The topological polar surface area (TPSA) is 101 Å². The molecule has 2 amide bonds. The van der Waals surface area contributed by atoms with Crippen LogP contribution in [0.1, 0.15) is 5.56 Å². The minimum atomic E-state index is -0.607. The minimum Gasteiger partial charge on any atom is -0.484 e. The Hall–Kier alpha value is -2.20. The van der Waals surface area contributed by atoms with Crippen molar-refractivity contribution >= 4 is 11.8 Å². The standard InChI is InChI=1S/C20H29N3O6/c1-27-13-19(25)21-17-11-22(12-18(17)24)10-15-2-4-16(5-3-15)29-14-20(26)23-6-8-28-9-7-23/h2-5,17-18,24H,6-14H2,1H3,(H,21,25)/t17-,18-/m1/s1. The van der Waals surface area contributed by atoms with Crippen LogP contribution >= 0.6 is 0 Å². The quantitative estimate of drug-likeness (QED) is 0.584. The molecule has 160 valence electrons. The van der Waals surface area contributed by atoms with Crippen LogP contribution in [0.5, 0.6) is 5.75 Å². The largest absolute Gasteiger partial charge is 0.484 e. The number of benzene rings is 1. The van der Waals surface area contributed by atoms with Gasteiger partial charge in [-0.3, -0.25) is 14.5 Å². The molecule has 2 saturated heterocycles. The van der Waals surface area contributed by atoms with E-state index in [1.165, 1.54) is 7.11 Å². The number of ether oxygens (including phenoxy) is 3. The Morgan fingerprint density at radius 3 is 2.59 bits per heavy atom. The Morgan fingerprint density at radius 1 is 1.17 bits per heavy atom. The van der Waals surface area contributed by atoms with E-state index < -0.39 is 6.10 Å². The van der Waals surface area contributed by atoms with Gasteiger partial charge >= 0.3 is 0 Å². The summed E-state index contributed by atoms with van der Waals surface area (Å²) in [5.74, 6) is 0.373. The minimum absolute atomic E-state index is 0.0144. The van der Waals surface area contributed by atoms with Gasteiger partial charge in [0.25, 0.3) is 5.91 Å². The van der Waals surface area contributed by atoms with Crippen LogP contribution in [0.15, 0.2) is 24.3 Å². The van der Waals surface area contributed by atoms with Crippen LogP contribution in [0.25, 0.3) is 0 Å². The molecule has 0 aromatic heterocycles. The zero-order valence-corrected chi connectivity index (χ0v) is 16.7. The lowest BCUT2D eigenvalue weighted by molar-refractivity contribution is -0.137. The van der Waals surface area contributed by atoms with Gasteiger partial charge in [-0.2, -0.15) is 0 Å². The van der Waals surface area contributed by atoms with E-state index in [0.717, 1.165) is 5.56 Å². The van der Waals surface area contributed by atoms with E-state index in [1.54, 1.807) is 4.90 Å². The molecule has 1 aromatic rings. The fourth-order valence-corrected chi connectivity index (χ4v) is 3.52. The molecule has 2 aliphatic rings. The highest BCUT2D eigenvalue weighted by atomic mass is 16.5. The van der Waals surface area contributed by atoms with Gasteiger partial charge in [-0.25, -0.2) is 0 Å². The maximum atomic E-state index is 12.1. The van der Waals surface area contributed by atoms with Crippen LogP contribution in [-0.2, 0) is 25.6 Å². The van der Waals surface area contributed by atoms with Crippen LogP contribution in [0.3, 0.4) is 0 Å². The highest BCUT2D eigenvalue weighted by Gasteiger charge is 2.32. The monoisotopic (exact) mass is 407 g/mol. The molecule has 0 bridgehead atoms. The lowest BCUT2D eigenvalue weighted by atomic mass is 10.2. The molecule has 2 aliphatic heterocycles. The van der Waals surface area contributed by atoms with Gasteiger partial charge in [0.1, 0.15) is 12.4 Å². The Bertz CT molecular complexity index is 677. The van der Waals surface area contributed by atoms with Crippen LogP contribution in [-0.4, -0.2) is 98.6 Å². The molecule has 0 aliphatic carbocycles. The van der Waals surface area contributed by atoms with Gasteiger partial charge in [-0.15, -0.1) is 0 Å². The highest BCUT2D eigenvalue weighted by molar-refractivity contribution is 5.78. The van der Waals surface area contributed by atoms with Crippen molar-refractivity contribution in [3.63, 3.8) is 0 Å². The fraction of sp³-hybridized carbons (Fsp3) is 0.600. The van der Waals surface area contributed by atoms with Gasteiger partial charge in [0, 0.05) is 39.8 Å². The van der Waals surface area contributed by atoms with E-state index in [-0.39, 0.29) is 31.1 Å². The van der Waals surface area contributed by atoms with E-state index in [2.05, 4.69) is 10.2 Å². The SMILES string of the molecule is COCC(=O)N[C@@H]1CN(Cc2ccc(OCC(=O)N3CCOCC3)cc2)C[C@H]1O. The van der Waals surface area contributed by atoms with E-state index in [4.69, 9.17) is 14.2 Å². The molecule has 0 unspecified atom stereocenters. The molecule has 9 heteroatoms. The summed E-state index contributed by atoms with van der Waals surface area (Å²) >= 11 is 0. The number of rotatable bonds is 8. The van der Waals surface area contributed by atoms with Gasteiger partial charge in [0.15, 0.2) is 6.61 Å². The van der Waals surface area contributed by atoms with E-state index in [0.29, 0.717) is 51.7 Å². The van der Waals surface area contributed by atoms with Crippen molar-refractivity contribution in [1.29, 1.82) is 0 Å². The summed E-state index contributed by atoms with van der Waals surface area (Å²) in [5, 5.41) is 13.0. The second-order valence-electron chi connectivity index (χ2n) is 7.29. The van der Waals surface area contributed by atoms with Crippen LogP contribution in [0, 0.1) is 0 Å². The maximum absolute atomic E-state index is 12.1. The second-order valence-corrected chi connectivity index (χ2v) is 7.29. The molecule has 2 fully saturated rings. The predicted molar refractivity (Wildman–Crippen MR) is 104 cm³/mol. The van der Waals surface area contributed by atoms with Gasteiger partial charge in [-0.05, 0) is 17.7 Å². The number of morpholine rings is 1. The molecular weight excluding hydrogens is 378 g/mol. The molecule has 29 heavy (non-hydrogen) atoms. The summed E-state index contributed by atoms with van der Waals surface area (Å²) in [4.78, 5) is 27.6.